The Morgan fingerprint density at radius 2 is 1.95 bits per heavy atom. The number of anilines is 2. The van der Waals surface area contributed by atoms with Crippen LogP contribution in [0.4, 0.5) is 11.4 Å². The fourth-order valence-electron chi connectivity index (χ4n) is 1.73. The lowest BCUT2D eigenvalue weighted by Crippen LogP contribution is -2.14. The van der Waals surface area contributed by atoms with Gasteiger partial charge in [-0.1, -0.05) is 6.07 Å². The van der Waals surface area contributed by atoms with E-state index in [1.165, 1.54) is 12.1 Å². The third-order valence-corrected chi connectivity index (χ3v) is 5.74. The molecular formula is C13H13N3O2S2. The van der Waals surface area contributed by atoms with Crippen molar-refractivity contribution in [2.24, 2.45) is 0 Å². The molecule has 0 atom stereocenters. The van der Waals surface area contributed by atoms with Crippen molar-refractivity contribution in [3.05, 3.63) is 40.3 Å². The summed E-state index contributed by atoms with van der Waals surface area (Å²) in [5, 5.41) is 8.76. The molecule has 0 aliphatic carbocycles. The molecule has 0 saturated heterocycles. The van der Waals surface area contributed by atoms with E-state index in [2.05, 4.69) is 4.72 Å². The first kappa shape index (κ1) is 14.4. The maximum Gasteiger partial charge on any atom is 0.271 e. The molecule has 0 aliphatic rings. The van der Waals surface area contributed by atoms with Crippen LogP contribution in [-0.2, 0) is 10.0 Å². The summed E-state index contributed by atoms with van der Waals surface area (Å²) in [4.78, 5) is 0.353. The first-order chi connectivity index (χ1) is 9.35. The number of nitrogens with zero attached hydrogens (tertiary/aromatic N) is 1. The van der Waals surface area contributed by atoms with Gasteiger partial charge in [-0.05, 0) is 43.2 Å². The number of nitriles is 1. The molecule has 2 rings (SSSR count). The van der Waals surface area contributed by atoms with Crippen LogP contribution >= 0.6 is 11.3 Å². The van der Waals surface area contributed by atoms with E-state index in [9.17, 15) is 8.42 Å². The predicted octanol–water partition coefficient (Wildman–Crippen LogP) is 2.62. The lowest BCUT2D eigenvalue weighted by atomic mass is 10.1. The van der Waals surface area contributed by atoms with Crippen molar-refractivity contribution in [1.29, 1.82) is 5.26 Å². The van der Waals surface area contributed by atoms with Gasteiger partial charge < -0.3 is 5.73 Å². The van der Waals surface area contributed by atoms with Gasteiger partial charge in [0.2, 0.25) is 0 Å². The highest BCUT2D eigenvalue weighted by molar-refractivity contribution is 7.94. The molecule has 0 saturated carbocycles. The Morgan fingerprint density at radius 3 is 2.55 bits per heavy atom. The number of nitrogen functional groups attached to an aromatic ring is 1. The van der Waals surface area contributed by atoms with Gasteiger partial charge in [0.05, 0.1) is 5.69 Å². The zero-order valence-electron chi connectivity index (χ0n) is 11.0. The Bertz CT molecular complexity index is 802. The van der Waals surface area contributed by atoms with Crippen LogP contribution in [0.5, 0.6) is 0 Å². The summed E-state index contributed by atoms with van der Waals surface area (Å²) in [6.07, 6.45) is 0. The van der Waals surface area contributed by atoms with Crippen molar-refractivity contribution < 1.29 is 8.42 Å². The predicted molar refractivity (Wildman–Crippen MR) is 80.2 cm³/mol. The highest BCUT2D eigenvalue weighted by Crippen LogP contribution is 2.29. The second kappa shape index (κ2) is 5.15. The average molecular weight is 307 g/mol. The number of benzene rings is 1. The number of sulfonamides is 1. The van der Waals surface area contributed by atoms with Gasteiger partial charge >= 0.3 is 0 Å². The van der Waals surface area contributed by atoms with Crippen LogP contribution in [0.2, 0.25) is 0 Å². The molecule has 0 amide bonds. The molecule has 104 valence electrons. The number of aryl methyl sites for hydroxylation is 1. The Kier molecular flexibility index (Phi) is 3.70. The summed E-state index contributed by atoms with van der Waals surface area (Å²) in [7, 11) is -3.70. The van der Waals surface area contributed by atoms with E-state index < -0.39 is 10.0 Å². The lowest BCUT2D eigenvalue weighted by Gasteiger charge is -2.13. The number of hydrogen-bond acceptors (Lipinski definition) is 5. The van der Waals surface area contributed by atoms with E-state index >= 15 is 0 Å². The molecule has 20 heavy (non-hydrogen) atoms. The second-order valence-electron chi connectivity index (χ2n) is 4.31. The van der Waals surface area contributed by atoms with Crippen LogP contribution in [0.15, 0.2) is 28.5 Å². The van der Waals surface area contributed by atoms with Crippen LogP contribution in [-0.4, -0.2) is 8.42 Å². The minimum atomic E-state index is -3.70. The van der Waals surface area contributed by atoms with Crippen LogP contribution in [0.1, 0.15) is 16.0 Å². The van der Waals surface area contributed by atoms with E-state index in [-0.39, 0.29) is 4.21 Å². The summed E-state index contributed by atoms with van der Waals surface area (Å²) in [6.45, 7) is 3.56. The van der Waals surface area contributed by atoms with Gasteiger partial charge in [-0.2, -0.15) is 5.26 Å². The van der Waals surface area contributed by atoms with Gasteiger partial charge in [0, 0.05) is 5.69 Å². The molecule has 0 fully saturated rings. The largest absolute Gasteiger partial charge is 0.398 e. The maximum atomic E-state index is 12.3. The summed E-state index contributed by atoms with van der Waals surface area (Å²) in [5.41, 5.74) is 8.28. The van der Waals surface area contributed by atoms with Crippen molar-refractivity contribution in [3.63, 3.8) is 0 Å². The molecule has 0 aliphatic heterocycles. The monoisotopic (exact) mass is 307 g/mol. The second-order valence-corrected chi connectivity index (χ2v) is 7.30. The normalized spacial score (nSPS) is 11.1. The zero-order chi connectivity index (χ0) is 14.9. The molecule has 0 unspecified atom stereocenters. The lowest BCUT2D eigenvalue weighted by molar-refractivity contribution is 0.603. The molecule has 5 nitrogen and oxygen atoms in total. The first-order valence-electron chi connectivity index (χ1n) is 5.73. The van der Waals surface area contributed by atoms with Gasteiger partial charge in [0.15, 0.2) is 0 Å². The van der Waals surface area contributed by atoms with Crippen molar-refractivity contribution in [2.45, 2.75) is 18.1 Å². The highest BCUT2D eigenvalue weighted by atomic mass is 32.2. The number of thiophene rings is 1. The Balaban J connectivity index is 2.44. The molecule has 3 N–H and O–H groups in total. The Hall–Kier alpha value is -2.04. The standard InChI is InChI=1S/C13H13N3O2S2/c1-8-3-5-11(15)9(2)13(8)16-20(17,18)12-6-4-10(7-14)19-12/h3-6,16H,15H2,1-2H3. The summed E-state index contributed by atoms with van der Waals surface area (Å²) < 4.78 is 27.2. The van der Waals surface area contributed by atoms with E-state index in [0.29, 0.717) is 21.8 Å². The molecule has 0 radical (unpaired) electrons. The van der Waals surface area contributed by atoms with E-state index in [0.717, 1.165) is 16.9 Å². The Labute approximate surface area is 121 Å². The minimum absolute atomic E-state index is 0.107. The van der Waals surface area contributed by atoms with Gasteiger partial charge in [0.1, 0.15) is 15.2 Å². The smallest absolute Gasteiger partial charge is 0.271 e. The van der Waals surface area contributed by atoms with Crippen molar-refractivity contribution in [1.82, 2.24) is 0 Å². The summed E-state index contributed by atoms with van der Waals surface area (Å²) >= 11 is 0.932. The van der Waals surface area contributed by atoms with Gasteiger partial charge in [0.25, 0.3) is 10.0 Å². The molecular weight excluding hydrogens is 294 g/mol. The first-order valence-corrected chi connectivity index (χ1v) is 8.03. The molecule has 7 heteroatoms. The third-order valence-electron chi connectivity index (χ3n) is 2.91. The summed E-state index contributed by atoms with van der Waals surface area (Å²) in [6, 6.07) is 8.32. The number of nitrogens with two attached hydrogens (primary N) is 1. The molecule has 0 spiro atoms. The molecule has 1 aromatic carbocycles. The van der Waals surface area contributed by atoms with Crippen molar-refractivity contribution >= 4 is 32.7 Å². The molecule has 0 bridgehead atoms. The fraction of sp³-hybridized carbons (Fsp3) is 0.154. The van der Waals surface area contributed by atoms with Crippen LogP contribution < -0.4 is 10.5 Å². The van der Waals surface area contributed by atoms with Crippen LogP contribution in [0, 0.1) is 25.2 Å². The highest BCUT2D eigenvalue weighted by Gasteiger charge is 2.19. The topological polar surface area (TPSA) is 96.0 Å². The molecule has 2 aromatic rings. The summed E-state index contributed by atoms with van der Waals surface area (Å²) in [5.74, 6) is 0. The number of nitrogens with one attached hydrogen (secondary N) is 1. The van der Waals surface area contributed by atoms with Crippen molar-refractivity contribution in [2.75, 3.05) is 10.5 Å². The Morgan fingerprint density at radius 1 is 1.25 bits per heavy atom. The minimum Gasteiger partial charge on any atom is -0.398 e. The molecule has 1 heterocycles. The SMILES string of the molecule is Cc1ccc(N)c(C)c1NS(=O)(=O)c1ccc(C#N)s1. The maximum absolute atomic E-state index is 12.3. The quantitative estimate of drug-likeness (QED) is 0.852. The van der Waals surface area contributed by atoms with Crippen molar-refractivity contribution in [3.8, 4) is 6.07 Å². The van der Waals surface area contributed by atoms with Crippen LogP contribution in [0.3, 0.4) is 0 Å². The fourth-order valence-corrected chi connectivity index (χ4v) is 4.03. The third kappa shape index (κ3) is 2.61. The van der Waals surface area contributed by atoms with E-state index in [1.54, 1.807) is 26.0 Å². The molecule has 1 aromatic heterocycles. The zero-order valence-corrected chi connectivity index (χ0v) is 12.6. The van der Waals surface area contributed by atoms with Gasteiger partial charge in [-0.3, -0.25) is 4.72 Å². The van der Waals surface area contributed by atoms with E-state index in [1.807, 2.05) is 6.07 Å². The van der Waals surface area contributed by atoms with Crippen LogP contribution in [0.25, 0.3) is 0 Å². The number of hydrogen-bond donors (Lipinski definition) is 2. The van der Waals surface area contributed by atoms with E-state index in [4.69, 9.17) is 11.0 Å². The number of rotatable bonds is 3. The van der Waals surface area contributed by atoms with Gasteiger partial charge in [-0.15, -0.1) is 11.3 Å². The van der Waals surface area contributed by atoms with Gasteiger partial charge in [-0.25, -0.2) is 8.42 Å². The average Bonchev–Trinajstić information content (AvgIpc) is 2.89.